The van der Waals surface area contributed by atoms with E-state index >= 15 is 0 Å². The molecule has 1 saturated heterocycles. The normalized spacial score (nSPS) is 22.8. The molecule has 0 radical (unpaired) electrons. The average molecular weight is 277 g/mol. The Hall–Kier alpha value is -0.940. The molecule has 5 heteroatoms. The maximum absolute atomic E-state index is 4.47. The van der Waals surface area contributed by atoms with Crippen LogP contribution in [0.25, 0.3) is 0 Å². The first kappa shape index (κ1) is 14.0. The molecule has 1 atom stereocenters. The second kappa shape index (κ2) is 6.68. The molecule has 1 unspecified atom stereocenters. The van der Waals surface area contributed by atoms with E-state index in [1.54, 1.807) is 6.33 Å². The van der Waals surface area contributed by atoms with Crippen LogP contribution in [-0.2, 0) is 13.1 Å². The van der Waals surface area contributed by atoms with Crippen molar-refractivity contribution in [3.63, 3.8) is 0 Å². The van der Waals surface area contributed by atoms with Crippen molar-refractivity contribution >= 4 is 0 Å². The molecule has 1 aromatic rings. The van der Waals surface area contributed by atoms with Gasteiger partial charge in [0.05, 0.1) is 6.54 Å². The van der Waals surface area contributed by atoms with Gasteiger partial charge >= 0.3 is 0 Å². The van der Waals surface area contributed by atoms with Crippen molar-refractivity contribution in [1.29, 1.82) is 0 Å². The van der Waals surface area contributed by atoms with Gasteiger partial charge in [0.25, 0.3) is 0 Å². The number of aryl methyl sites for hydroxylation is 1. The summed E-state index contributed by atoms with van der Waals surface area (Å²) in [5, 5.41) is 7.96. The van der Waals surface area contributed by atoms with Gasteiger partial charge in [-0.2, -0.15) is 5.10 Å². The molecule has 0 amide bonds. The molecule has 2 heterocycles. The zero-order valence-electron chi connectivity index (χ0n) is 12.6. The van der Waals surface area contributed by atoms with E-state index in [2.05, 4.69) is 31.9 Å². The van der Waals surface area contributed by atoms with E-state index in [0.29, 0.717) is 6.04 Å². The fourth-order valence-electron chi connectivity index (χ4n) is 3.10. The molecule has 1 saturated carbocycles. The van der Waals surface area contributed by atoms with Crippen molar-refractivity contribution in [2.45, 2.75) is 58.2 Å². The molecule has 112 valence electrons. The number of rotatable bonds is 8. The number of nitrogens with zero attached hydrogens (tertiary/aromatic N) is 4. The van der Waals surface area contributed by atoms with E-state index in [0.717, 1.165) is 37.8 Å². The monoisotopic (exact) mass is 277 g/mol. The molecular formula is C15H27N5. The first-order valence-corrected chi connectivity index (χ1v) is 8.17. The standard InChI is InChI=1S/C15H27N5/c1-2-8-20-15(17-12-18-20)11-19(9-13-5-6-13)10-14-4-3-7-16-14/h12-14,16H,2-11H2,1H3. The first-order chi connectivity index (χ1) is 9.85. The fraction of sp³-hybridized carbons (Fsp3) is 0.867. The van der Waals surface area contributed by atoms with Gasteiger partial charge < -0.3 is 5.32 Å². The summed E-state index contributed by atoms with van der Waals surface area (Å²) < 4.78 is 2.07. The number of aromatic nitrogens is 3. The lowest BCUT2D eigenvalue weighted by Gasteiger charge is -2.25. The lowest BCUT2D eigenvalue weighted by molar-refractivity contribution is 0.222. The van der Waals surface area contributed by atoms with E-state index in [-0.39, 0.29) is 0 Å². The third kappa shape index (κ3) is 3.79. The summed E-state index contributed by atoms with van der Waals surface area (Å²) in [6.45, 7) is 7.71. The predicted octanol–water partition coefficient (Wildman–Crippen LogP) is 1.65. The molecule has 1 N–H and O–H groups in total. The van der Waals surface area contributed by atoms with Gasteiger partial charge in [0.15, 0.2) is 0 Å². The van der Waals surface area contributed by atoms with Gasteiger partial charge in [0, 0.05) is 25.7 Å². The number of hydrogen-bond acceptors (Lipinski definition) is 4. The molecule has 0 bridgehead atoms. The van der Waals surface area contributed by atoms with Crippen LogP contribution in [0.15, 0.2) is 6.33 Å². The van der Waals surface area contributed by atoms with E-state index < -0.39 is 0 Å². The smallest absolute Gasteiger partial charge is 0.141 e. The van der Waals surface area contributed by atoms with Crippen LogP contribution >= 0.6 is 0 Å². The molecule has 2 aliphatic rings. The van der Waals surface area contributed by atoms with Crippen molar-refractivity contribution < 1.29 is 0 Å². The summed E-state index contributed by atoms with van der Waals surface area (Å²) in [6, 6.07) is 0.677. The summed E-state index contributed by atoms with van der Waals surface area (Å²) in [7, 11) is 0. The average Bonchev–Trinajstić information content (AvgIpc) is 2.91. The Morgan fingerprint density at radius 2 is 2.25 bits per heavy atom. The second-order valence-electron chi connectivity index (χ2n) is 6.33. The summed E-state index contributed by atoms with van der Waals surface area (Å²) in [6.07, 6.45) is 8.29. The Kier molecular flexibility index (Phi) is 4.68. The molecule has 0 spiro atoms. The molecule has 0 aromatic carbocycles. The van der Waals surface area contributed by atoms with E-state index in [4.69, 9.17) is 0 Å². The van der Waals surface area contributed by atoms with E-state index in [1.807, 2.05) is 0 Å². The number of nitrogens with one attached hydrogen (secondary N) is 1. The van der Waals surface area contributed by atoms with Crippen molar-refractivity contribution in [2.24, 2.45) is 5.92 Å². The van der Waals surface area contributed by atoms with Crippen LogP contribution in [0.3, 0.4) is 0 Å². The maximum atomic E-state index is 4.47. The van der Waals surface area contributed by atoms with Crippen LogP contribution in [-0.4, -0.2) is 45.3 Å². The third-order valence-electron chi connectivity index (χ3n) is 4.35. The van der Waals surface area contributed by atoms with Crippen LogP contribution in [0.4, 0.5) is 0 Å². The second-order valence-corrected chi connectivity index (χ2v) is 6.33. The Labute approximate surface area is 121 Å². The van der Waals surface area contributed by atoms with Gasteiger partial charge in [-0.15, -0.1) is 0 Å². The fourth-order valence-corrected chi connectivity index (χ4v) is 3.10. The van der Waals surface area contributed by atoms with Crippen molar-refractivity contribution in [1.82, 2.24) is 25.0 Å². The maximum Gasteiger partial charge on any atom is 0.141 e. The highest BCUT2D eigenvalue weighted by Crippen LogP contribution is 2.30. The van der Waals surface area contributed by atoms with Crippen LogP contribution in [0.2, 0.25) is 0 Å². The largest absolute Gasteiger partial charge is 0.313 e. The molecule has 1 aliphatic carbocycles. The van der Waals surface area contributed by atoms with E-state index in [9.17, 15) is 0 Å². The minimum absolute atomic E-state index is 0.677. The minimum Gasteiger partial charge on any atom is -0.313 e. The van der Waals surface area contributed by atoms with Gasteiger partial charge in [-0.25, -0.2) is 9.67 Å². The van der Waals surface area contributed by atoms with Crippen molar-refractivity contribution in [2.75, 3.05) is 19.6 Å². The Morgan fingerprint density at radius 3 is 2.95 bits per heavy atom. The highest BCUT2D eigenvalue weighted by atomic mass is 15.3. The van der Waals surface area contributed by atoms with Gasteiger partial charge in [0.2, 0.25) is 0 Å². The lowest BCUT2D eigenvalue weighted by atomic mass is 10.2. The first-order valence-electron chi connectivity index (χ1n) is 8.17. The predicted molar refractivity (Wildman–Crippen MR) is 79.3 cm³/mol. The molecule has 3 rings (SSSR count). The van der Waals surface area contributed by atoms with Gasteiger partial charge in [-0.1, -0.05) is 6.92 Å². The van der Waals surface area contributed by atoms with Crippen molar-refractivity contribution in [3.8, 4) is 0 Å². The van der Waals surface area contributed by atoms with Crippen LogP contribution in [0, 0.1) is 5.92 Å². The Balaban J connectivity index is 1.60. The lowest BCUT2D eigenvalue weighted by Crippen LogP contribution is -2.38. The molecule has 20 heavy (non-hydrogen) atoms. The zero-order valence-corrected chi connectivity index (χ0v) is 12.6. The topological polar surface area (TPSA) is 46.0 Å². The Morgan fingerprint density at radius 1 is 1.35 bits per heavy atom. The third-order valence-corrected chi connectivity index (χ3v) is 4.35. The summed E-state index contributed by atoms with van der Waals surface area (Å²) >= 11 is 0. The van der Waals surface area contributed by atoms with Gasteiger partial charge in [-0.3, -0.25) is 4.90 Å². The molecule has 2 fully saturated rings. The van der Waals surface area contributed by atoms with Crippen molar-refractivity contribution in [3.05, 3.63) is 12.2 Å². The highest BCUT2D eigenvalue weighted by molar-refractivity contribution is 4.89. The molecular weight excluding hydrogens is 250 g/mol. The molecule has 5 nitrogen and oxygen atoms in total. The number of hydrogen-bond donors (Lipinski definition) is 1. The van der Waals surface area contributed by atoms with Crippen LogP contribution in [0.5, 0.6) is 0 Å². The SMILES string of the molecule is CCCn1ncnc1CN(CC1CC1)CC1CCCN1. The molecule has 1 aliphatic heterocycles. The van der Waals surface area contributed by atoms with Crippen LogP contribution in [0.1, 0.15) is 44.9 Å². The summed E-state index contributed by atoms with van der Waals surface area (Å²) in [5.41, 5.74) is 0. The van der Waals surface area contributed by atoms with Gasteiger partial charge in [0.1, 0.15) is 12.2 Å². The minimum atomic E-state index is 0.677. The molecule has 1 aromatic heterocycles. The van der Waals surface area contributed by atoms with Crippen LogP contribution < -0.4 is 5.32 Å². The Bertz CT molecular complexity index is 406. The summed E-state index contributed by atoms with van der Waals surface area (Å²) in [4.78, 5) is 7.06. The van der Waals surface area contributed by atoms with E-state index in [1.165, 1.54) is 38.8 Å². The highest BCUT2D eigenvalue weighted by Gasteiger charge is 2.27. The summed E-state index contributed by atoms with van der Waals surface area (Å²) in [5.74, 6) is 2.06. The zero-order chi connectivity index (χ0) is 13.8. The quantitative estimate of drug-likeness (QED) is 0.785. The van der Waals surface area contributed by atoms with Gasteiger partial charge in [-0.05, 0) is 44.6 Å².